The van der Waals surface area contributed by atoms with E-state index in [1.807, 2.05) is 13.2 Å². The van der Waals surface area contributed by atoms with E-state index < -0.39 is 0 Å². The van der Waals surface area contributed by atoms with E-state index in [1.165, 1.54) is 12.8 Å². The predicted octanol–water partition coefficient (Wildman–Crippen LogP) is 2.91. The first-order valence-corrected chi connectivity index (χ1v) is 6.89. The molecule has 0 bridgehead atoms. The van der Waals surface area contributed by atoms with Crippen molar-refractivity contribution in [1.82, 2.24) is 9.97 Å². The number of hydrogen-bond acceptors (Lipinski definition) is 4. The molecule has 1 fully saturated rings. The Kier molecular flexibility index (Phi) is 3.86. The topological polar surface area (TPSA) is 41.1 Å². The Labute approximate surface area is 111 Å². The maximum absolute atomic E-state index is 4.56. The maximum Gasteiger partial charge on any atom is 0.224 e. The minimum Gasteiger partial charge on any atom is -0.357 e. The van der Waals surface area contributed by atoms with Crippen molar-refractivity contribution in [2.45, 2.75) is 32.7 Å². The number of halogens is 1. The van der Waals surface area contributed by atoms with Gasteiger partial charge in [-0.1, -0.05) is 13.8 Å². The summed E-state index contributed by atoms with van der Waals surface area (Å²) >= 11 is 3.55. The summed E-state index contributed by atoms with van der Waals surface area (Å²) in [6.07, 6.45) is 4.32. The number of hydrogen-bond donors (Lipinski definition) is 1. The molecule has 0 spiro atoms. The molecule has 1 aromatic rings. The van der Waals surface area contributed by atoms with E-state index >= 15 is 0 Å². The van der Waals surface area contributed by atoms with E-state index in [4.69, 9.17) is 0 Å². The molecule has 4 nitrogen and oxygen atoms in total. The van der Waals surface area contributed by atoms with Crippen LogP contribution in [0.2, 0.25) is 0 Å². The van der Waals surface area contributed by atoms with Crippen molar-refractivity contribution in [1.29, 1.82) is 0 Å². The van der Waals surface area contributed by atoms with Crippen LogP contribution in [0.25, 0.3) is 0 Å². The Morgan fingerprint density at radius 2 is 2.29 bits per heavy atom. The van der Waals surface area contributed by atoms with Gasteiger partial charge in [0.25, 0.3) is 0 Å². The van der Waals surface area contributed by atoms with Crippen LogP contribution in [0.15, 0.2) is 10.7 Å². The molecule has 1 atom stereocenters. The smallest absolute Gasteiger partial charge is 0.224 e. The standard InChI is InChI=1S/C12H19BrN4/c1-8(2)10-5-4-6-17(10)11-9(13)7-15-12(14-3)16-11/h7-8,10H,4-6H2,1-3H3,(H,14,15,16). The Morgan fingerprint density at radius 3 is 2.94 bits per heavy atom. The van der Waals surface area contributed by atoms with Crippen molar-refractivity contribution in [2.24, 2.45) is 5.92 Å². The molecule has 2 heterocycles. The highest BCUT2D eigenvalue weighted by Crippen LogP contribution is 2.33. The first-order valence-electron chi connectivity index (χ1n) is 6.10. The van der Waals surface area contributed by atoms with Gasteiger partial charge >= 0.3 is 0 Å². The molecule has 1 unspecified atom stereocenters. The van der Waals surface area contributed by atoms with Crippen molar-refractivity contribution in [2.75, 3.05) is 23.8 Å². The van der Waals surface area contributed by atoms with Crippen LogP contribution in [0.4, 0.5) is 11.8 Å². The number of rotatable bonds is 3. The van der Waals surface area contributed by atoms with Gasteiger partial charge in [0.1, 0.15) is 5.82 Å². The summed E-state index contributed by atoms with van der Waals surface area (Å²) in [5, 5.41) is 2.99. The second-order valence-corrected chi connectivity index (χ2v) is 5.62. The summed E-state index contributed by atoms with van der Waals surface area (Å²) < 4.78 is 0.976. The van der Waals surface area contributed by atoms with Gasteiger partial charge in [-0.3, -0.25) is 0 Å². The second-order valence-electron chi connectivity index (χ2n) is 4.76. The van der Waals surface area contributed by atoms with E-state index in [9.17, 15) is 0 Å². The van der Waals surface area contributed by atoms with Crippen LogP contribution in [0.3, 0.4) is 0 Å². The van der Waals surface area contributed by atoms with Gasteiger partial charge in [0.05, 0.1) is 4.47 Å². The predicted molar refractivity (Wildman–Crippen MR) is 74.5 cm³/mol. The van der Waals surface area contributed by atoms with Gasteiger partial charge < -0.3 is 10.2 Å². The zero-order valence-electron chi connectivity index (χ0n) is 10.6. The minimum atomic E-state index is 0.589. The monoisotopic (exact) mass is 298 g/mol. The van der Waals surface area contributed by atoms with Crippen LogP contribution in [-0.2, 0) is 0 Å². The number of anilines is 2. The summed E-state index contributed by atoms with van der Waals surface area (Å²) in [5.41, 5.74) is 0. The third-order valence-corrected chi connectivity index (χ3v) is 3.85. The summed E-state index contributed by atoms with van der Waals surface area (Å²) in [6, 6.07) is 0.589. The Morgan fingerprint density at radius 1 is 1.53 bits per heavy atom. The molecule has 1 N–H and O–H groups in total. The molecule has 94 valence electrons. The van der Waals surface area contributed by atoms with Crippen molar-refractivity contribution in [3.8, 4) is 0 Å². The number of nitrogens with zero attached hydrogens (tertiary/aromatic N) is 3. The van der Waals surface area contributed by atoms with E-state index in [1.54, 1.807) is 0 Å². The third-order valence-electron chi connectivity index (χ3n) is 3.29. The highest BCUT2D eigenvalue weighted by atomic mass is 79.9. The molecule has 1 aromatic heterocycles. The van der Waals surface area contributed by atoms with E-state index in [0.29, 0.717) is 17.9 Å². The first kappa shape index (κ1) is 12.6. The van der Waals surface area contributed by atoms with Crippen LogP contribution < -0.4 is 10.2 Å². The molecule has 0 radical (unpaired) electrons. The molecular weight excluding hydrogens is 280 g/mol. The number of nitrogens with one attached hydrogen (secondary N) is 1. The normalized spacial score (nSPS) is 20.1. The summed E-state index contributed by atoms with van der Waals surface area (Å²) in [5.74, 6) is 2.34. The molecule has 0 aromatic carbocycles. The lowest BCUT2D eigenvalue weighted by atomic mass is 10.0. The van der Waals surface area contributed by atoms with Gasteiger partial charge in [-0.25, -0.2) is 4.98 Å². The van der Waals surface area contributed by atoms with Gasteiger partial charge in [0.2, 0.25) is 5.95 Å². The molecule has 5 heteroatoms. The fraction of sp³-hybridized carbons (Fsp3) is 0.667. The van der Waals surface area contributed by atoms with Gasteiger partial charge in [0, 0.05) is 25.8 Å². The second kappa shape index (κ2) is 5.21. The Balaban J connectivity index is 2.32. The van der Waals surface area contributed by atoms with Crippen molar-refractivity contribution in [3.63, 3.8) is 0 Å². The van der Waals surface area contributed by atoms with Gasteiger partial charge in [-0.05, 0) is 34.7 Å². The summed E-state index contributed by atoms with van der Waals surface area (Å²) in [7, 11) is 1.84. The summed E-state index contributed by atoms with van der Waals surface area (Å²) in [4.78, 5) is 11.2. The van der Waals surface area contributed by atoms with Crippen molar-refractivity contribution in [3.05, 3.63) is 10.7 Å². The highest BCUT2D eigenvalue weighted by molar-refractivity contribution is 9.10. The average Bonchev–Trinajstić information content (AvgIpc) is 2.78. The Bertz CT molecular complexity index is 394. The quantitative estimate of drug-likeness (QED) is 0.932. The van der Waals surface area contributed by atoms with Crippen molar-refractivity contribution >= 4 is 27.7 Å². The fourth-order valence-electron chi connectivity index (χ4n) is 2.43. The molecule has 0 aliphatic carbocycles. The first-order chi connectivity index (χ1) is 8.13. The lowest BCUT2D eigenvalue weighted by molar-refractivity contribution is 0.489. The molecule has 1 saturated heterocycles. The van der Waals surface area contributed by atoms with Gasteiger partial charge in [-0.2, -0.15) is 4.98 Å². The average molecular weight is 299 g/mol. The lowest BCUT2D eigenvalue weighted by Gasteiger charge is -2.29. The molecule has 0 amide bonds. The van der Waals surface area contributed by atoms with Crippen LogP contribution in [0, 0.1) is 5.92 Å². The van der Waals surface area contributed by atoms with Gasteiger partial charge in [0.15, 0.2) is 0 Å². The summed E-state index contributed by atoms with van der Waals surface area (Å²) in [6.45, 7) is 5.63. The molecule has 1 aliphatic heterocycles. The number of aromatic nitrogens is 2. The van der Waals surface area contributed by atoms with E-state index in [0.717, 1.165) is 16.8 Å². The lowest BCUT2D eigenvalue weighted by Crippen LogP contribution is -2.34. The third kappa shape index (κ3) is 2.54. The Hall–Kier alpha value is -0.840. The van der Waals surface area contributed by atoms with E-state index in [2.05, 4.69) is 50.0 Å². The van der Waals surface area contributed by atoms with E-state index in [-0.39, 0.29) is 0 Å². The molecule has 1 aliphatic rings. The van der Waals surface area contributed by atoms with Gasteiger partial charge in [-0.15, -0.1) is 0 Å². The van der Waals surface area contributed by atoms with Crippen LogP contribution in [-0.4, -0.2) is 29.6 Å². The molecule has 0 saturated carbocycles. The zero-order chi connectivity index (χ0) is 12.4. The largest absolute Gasteiger partial charge is 0.357 e. The molecule has 17 heavy (non-hydrogen) atoms. The minimum absolute atomic E-state index is 0.589. The van der Waals surface area contributed by atoms with Crippen LogP contribution >= 0.6 is 15.9 Å². The van der Waals surface area contributed by atoms with Crippen LogP contribution in [0.1, 0.15) is 26.7 Å². The molecular formula is C12H19BrN4. The highest BCUT2D eigenvalue weighted by Gasteiger charge is 2.29. The molecule has 2 rings (SSSR count). The van der Waals surface area contributed by atoms with Crippen LogP contribution in [0.5, 0.6) is 0 Å². The van der Waals surface area contributed by atoms with Crippen molar-refractivity contribution < 1.29 is 0 Å². The maximum atomic E-state index is 4.56. The zero-order valence-corrected chi connectivity index (χ0v) is 12.2. The fourth-order valence-corrected chi connectivity index (χ4v) is 2.85. The SMILES string of the molecule is CNc1ncc(Br)c(N2CCCC2C(C)C)n1.